The van der Waals surface area contributed by atoms with Crippen LogP contribution in [-0.4, -0.2) is 44.5 Å². The van der Waals surface area contributed by atoms with E-state index in [-0.39, 0.29) is 5.91 Å². The maximum absolute atomic E-state index is 12.3. The van der Waals surface area contributed by atoms with Crippen LogP contribution in [0, 0.1) is 6.92 Å². The van der Waals surface area contributed by atoms with Crippen molar-refractivity contribution in [3.8, 4) is 0 Å². The minimum atomic E-state index is 0.0963. The molecule has 120 valence electrons. The predicted molar refractivity (Wildman–Crippen MR) is 91.2 cm³/mol. The normalized spacial score (nSPS) is 14.7. The molecule has 23 heavy (non-hydrogen) atoms. The summed E-state index contributed by atoms with van der Waals surface area (Å²) in [4.78, 5) is 14.2. The maximum atomic E-state index is 12.3. The summed E-state index contributed by atoms with van der Waals surface area (Å²) in [6.07, 6.45) is 3.02. The summed E-state index contributed by atoms with van der Waals surface area (Å²) in [7, 11) is 0. The number of nitrogens with zero attached hydrogens (tertiary/aromatic N) is 4. The average molecular weight is 329 g/mol. The van der Waals surface area contributed by atoms with Crippen LogP contribution in [-0.2, 0) is 4.79 Å². The lowest BCUT2D eigenvalue weighted by Crippen LogP contribution is -2.36. The highest BCUT2D eigenvalue weighted by Gasteiger charge is 2.19. The largest absolute Gasteiger partial charge is 0.338 e. The van der Waals surface area contributed by atoms with Crippen LogP contribution in [0.4, 0.5) is 0 Å². The Balaban J connectivity index is 1.56. The number of nitrogen functional groups attached to an aromatic ring is 1. The summed E-state index contributed by atoms with van der Waals surface area (Å²) >= 11 is 1.32. The second-order valence-electron chi connectivity index (χ2n) is 5.37. The summed E-state index contributed by atoms with van der Waals surface area (Å²) in [6.45, 7) is 3.17. The molecule has 0 radical (unpaired) electrons. The van der Waals surface area contributed by atoms with Crippen LogP contribution < -0.4 is 5.84 Å². The summed E-state index contributed by atoms with van der Waals surface area (Å²) in [5, 5.41) is 8.40. The molecule has 6 nitrogen and oxygen atoms in total. The van der Waals surface area contributed by atoms with Crippen molar-refractivity contribution in [2.24, 2.45) is 0 Å². The van der Waals surface area contributed by atoms with Crippen LogP contribution in [0.1, 0.15) is 17.8 Å². The Morgan fingerprint density at radius 3 is 2.70 bits per heavy atom. The lowest BCUT2D eigenvalue weighted by atomic mass is 10.00. The van der Waals surface area contributed by atoms with Gasteiger partial charge in [-0.15, -0.1) is 10.2 Å². The van der Waals surface area contributed by atoms with Gasteiger partial charge in [-0.25, -0.2) is 4.68 Å². The van der Waals surface area contributed by atoms with E-state index in [2.05, 4.69) is 28.4 Å². The maximum Gasteiger partial charge on any atom is 0.233 e. The van der Waals surface area contributed by atoms with Crippen LogP contribution in [0.15, 0.2) is 41.6 Å². The first-order chi connectivity index (χ1) is 11.1. The fourth-order valence-electron chi connectivity index (χ4n) is 2.48. The molecule has 0 unspecified atom stereocenters. The number of thioether (sulfide) groups is 1. The van der Waals surface area contributed by atoms with Crippen molar-refractivity contribution in [1.29, 1.82) is 0 Å². The molecule has 1 aliphatic heterocycles. The number of benzene rings is 1. The third-order valence-corrected chi connectivity index (χ3v) is 4.79. The van der Waals surface area contributed by atoms with E-state index in [4.69, 9.17) is 5.84 Å². The first-order valence-corrected chi connectivity index (χ1v) is 8.46. The van der Waals surface area contributed by atoms with Crippen LogP contribution in [0.5, 0.6) is 0 Å². The van der Waals surface area contributed by atoms with Gasteiger partial charge in [-0.05, 0) is 24.5 Å². The fraction of sp³-hybridized carbons (Fsp3) is 0.312. The average Bonchev–Trinajstić information content (AvgIpc) is 2.92. The van der Waals surface area contributed by atoms with Crippen molar-refractivity contribution in [3.63, 3.8) is 0 Å². The molecule has 2 heterocycles. The Kier molecular flexibility index (Phi) is 4.66. The molecule has 0 aliphatic carbocycles. The zero-order chi connectivity index (χ0) is 16.2. The SMILES string of the molecule is Cc1nnc(SCC(=O)N2CC=C(c3ccccc3)CC2)n1N. The van der Waals surface area contributed by atoms with Gasteiger partial charge in [0.2, 0.25) is 11.1 Å². The lowest BCUT2D eigenvalue weighted by Gasteiger charge is -2.26. The van der Waals surface area contributed by atoms with E-state index < -0.39 is 0 Å². The second kappa shape index (κ2) is 6.87. The molecule has 1 amide bonds. The monoisotopic (exact) mass is 329 g/mol. The van der Waals surface area contributed by atoms with Gasteiger partial charge in [-0.1, -0.05) is 48.2 Å². The standard InChI is InChI=1S/C16H19N5OS/c1-12-18-19-16(21(12)17)23-11-15(22)20-9-7-14(8-10-20)13-5-3-2-4-6-13/h2-7H,8-11,17H2,1H3. The molecule has 3 rings (SSSR count). The second-order valence-corrected chi connectivity index (χ2v) is 6.32. The minimum absolute atomic E-state index is 0.0963. The molecule has 0 fully saturated rings. The number of amides is 1. The third-order valence-electron chi connectivity index (χ3n) is 3.87. The number of aromatic nitrogens is 3. The number of nitrogens with two attached hydrogens (primary N) is 1. The highest BCUT2D eigenvalue weighted by molar-refractivity contribution is 7.99. The van der Waals surface area contributed by atoms with Gasteiger partial charge in [0.05, 0.1) is 5.75 Å². The molecule has 1 aromatic carbocycles. The molecule has 7 heteroatoms. The molecule has 0 saturated heterocycles. The molecule has 0 bridgehead atoms. The highest BCUT2D eigenvalue weighted by Crippen LogP contribution is 2.23. The highest BCUT2D eigenvalue weighted by atomic mass is 32.2. The molecular weight excluding hydrogens is 310 g/mol. The van der Waals surface area contributed by atoms with Crippen molar-refractivity contribution in [2.75, 3.05) is 24.7 Å². The van der Waals surface area contributed by atoms with Crippen molar-refractivity contribution in [1.82, 2.24) is 19.8 Å². The zero-order valence-electron chi connectivity index (χ0n) is 13.0. The quantitative estimate of drug-likeness (QED) is 0.682. The van der Waals surface area contributed by atoms with Crippen molar-refractivity contribution in [3.05, 3.63) is 47.8 Å². The van der Waals surface area contributed by atoms with Crippen molar-refractivity contribution >= 4 is 23.2 Å². The first kappa shape index (κ1) is 15.6. The minimum Gasteiger partial charge on any atom is -0.338 e. The van der Waals surface area contributed by atoms with Gasteiger partial charge in [-0.3, -0.25) is 4.79 Å². The van der Waals surface area contributed by atoms with E-state index in [9.17, 15) is 4.79 Å². The number of rotatable bonds is 4. The van der Waals surface area contributed by atoms with E-state index >= 15 is 0 Å². The fourth-order valence-corrected chi connectivity index (χ4v) is 3.28. The summed E-state index contributed by atoms with van der Waals surface area (Å²) < 4.78 is 1.40. The number of hydrogen-bond acceptors (Lipinski definition) is 5. The predicted octanol–water partition coefficient (Wildman–Crippen LogP) is 1.71. The summed E-state index contributed by atoms with van der Waals surface area (Å²) in [5.41, 5.74) is 2.54. The molecule has 0 spiro atoms. The Hall–Kier alpha value is -2.28. The smallest absolute Gasteiger partial charge is 0.233 e. The molecule has 1 aromatic heterocycles. The molecule has 2 N–H and O–H groups in total. The lowest BCUT2D eigenvalue weighted by molar-refractivity contribution is -0.127. The number of hydrogen-bond donors (Lipinski definition) is 1. The van der Waals surface area contributed by atoms with Crippen molar-refractivity contribution < 1.29 is 4.79 Å². The van der Waals surface area contributed by atoms with Crippen LogP contribution in [0.3, 0.4) is 0 Å². The van der Waals surface area contributed by atoms with Crippen LogP contribution in [0.25, 0.3) is 5.57 Å². The van der Waals surface area contributed by atoms with Gasteiger partial charge in [0, 0.05) is 13.1 Å². The van der Waals surface area contributed by atoms with Gasteiger partial charge < -0.3 is 10.7 Å². The van der Waals surface area contributed by atoms with Crippen LogP contribution >= 0.6 is 11.8 Å². The summed E-state index contributed by atoms with van der Waals surface area (Å²) in [5.74, 6) is 6.84. The zero-order valence-corrected chi connectivity index (χ0v) is 13.8. The molecule has 0 atom stereocenters. The Morgan fingerprint density at radius 2 is 2.09 bits per heavy atom. The van der Waals surface area contributed by atoms with Gasteiger partial charge in [0.1, 0.15) is 5.82 Å². The molecular formula is C16H19N5OS. The first-order valence-electron chi connectivity index (χ1n) is 7.47. The van der Waals surface area contributed by atoms with Crippen LogP contribution in [0.2, 0.25) is 0 Å². The van der Waals surface area contributed by atoms with Gasteiger partial charge in [0.15, 0.2) is 0 Å². The molecule has 1 aliphatic rings. The van der Waals surface area contributed by atoms with E-state index in [1.807, 2.05) is 23.1 Å². The Morgan fingerprint density at radius 1 is 1.30 bits per heavy atom. The number of carbonyl (C=O) groups is 1. The topological polar surface area (TPSA) is 77.0 Å². The van der Waals surface area contributed by atoms with E-state index in [1.54, 1.807) is 6.92 Å². The molecule has 2 aromatic rings. The Labute approximate surface area is 139 Å². The van der Waals surface area contributed by atoms with E-state index in [1.165, 1.54) is 27.6 Å². The number of carbonyl (C=O) groups excluding carboxylic acids is 1. The number of aryl methyl sites for hydroxylation is 1. The Bertz CT molecular complexity index is 725. The summed E-state index contributed by atoms with van der Waals surface area (Å²) in [6, 6.07) is 10.3. The van der Waals surface area contributed by atoms with E-state index in [0.717, 1.165) is 13.0 Å². The molecule has 0 saturated carbocycles. The van der Waals surface area contributed by atoms with Gasteiger partial charge >= 0.3 is 0 Å². The van der Waals surface area contributed by atoms with Gasteiger partial charge in [0.25, 0.3) is 0 Å². The van der Waals surface area contributed by atoms with Crippen molar-refractivity contribution in [2.45, 2.75) is 18.5 Å². The van der Waals surface area contributed by atoms with E-state index in [0.29, 0.717) is 23.3 Å². The van der Waals surface area contributed by atoms with Gasteiger partial charge in [-0.2, -0.15) is 0 Å². The third kappa shape index (κ3) is 3.56.